The van der Waals surface area contributed by atoms with Crippen molar-refractivity contribution in [1.29, 1.82) is 0 Å². The molecule has 0 bridgehead atoms. The van der Waals surface area contributed by atoms with Gasteiger partial charge in [0.05, 0.1) is 0 Å². The Morgan fingerprint density at radius 2 is 1.62 bits per heavy atom. The van der Waals surface area contributed by atoms with Crippen molar-refractivity contribution in [3.05, 3.63) is 11.6 Å². The summed E-state index contributed by atoms with van der Waals surface area (Å²) in [5, 5.41) is 0. The fourth-order valence-electron chi connectivity index (χ4n) is 4.90. The Morgan fingerprint density at radius 3 is 2.08 bits per heavy atom. The molecule has 4 atom stereocenters. The molecule has 1 fully saturated rings. The molecule has 0 aromatic rings. The summed E-state index contributed by atoms with van der Waals surface area (Å²) in [6.07, 6.45) is 12.1. The molecular weight excluding hydrogens is 288 g/mol. The fourth-order valence-corrected chi connectivity index (χ4v) is 4.90. The molecule has 24 heavy (non-hydrogen) atoms. The van der Waals surface area contributed by atoms with E-state index in [1.54, 1.807) is 5.57 Å². The first-order valence-corrected chi connectivity index (χ1v) is 10.6. The maximum Gasteiger partial charge on any atom is -0.0295 e. The Kier molecular flexibility index (Phi) is 8.08. The molecule has 0 radical (unpaired) electrons. The summed E-state index contributed by atoms with van der Waals surface area (Å²) in [7, 11) is 0. The summed E-state index contributed by atoms with van der Waals surface area (Å²) in [6, 6.07) is 0. The van der Waals surface area contributed by atoms with Gasteiger partial charge in [-0.3, -0.25) is 0 Å². The van der Waals surface area contributed by atoms with Crippen LogP contribution in [0.3, 0.4) is 0 Å². The molecule has 1 saturated carbocycles. The average Bonchev–Trinajstić information content (AvgIpc) is 2.89. The van der Waals surface area contributed by atoms with Crippen LogP contribution in [0.15, 0.2) is 11.6 Å². The van der Waals surface area contributed by atoms with E-state index < -0.39 is 0 Å². The Bertz CT molecular complexity index is 387. The van der Waals surface area contributed by atoms with E-state index in [4.69, 9.17) is 0 Å². The van der Waals surface area contributed by atoms with Crippen LogP contribution in [-0.4, -0.2) is 0 Å². The smallest absolute Gasteiger partial charge is 0.0295 e. The summed E-state index contributed by atoms with van der Waals surface area (Å²) in [4.78, 5) is 0. The normalized spacial score (nSPS) is 27.5. The van der Waals surface area contributed by atoms with Crippen molar-refractivity contribution in [2.75, 3.05) is 0 Å². The highest BCUT2D eigenvalue weighted by molar-refractivity contribution is 5.03. The molecule has 0 aliphatic heterocycles. The first-order valence-electron chi connectivity index (χ1n) is 10.6. The molecule has 1 aliphatic carbocycles. The molecule has 1 rings (SSSR count). The topological polar surface area (TPSA) is 0 Å². The minimum absolute atomic E-state index is 0.445. The van der Waals surface area contributed by atoms with Gasteiger partial charge in [-0.2, -0.15) is 0 Å². The number of allylic oxidation sites excluding steroid dienone is 2. The van der Waals surface area contributed by atoms with E-state index in [2.05, 4.69) is 68.4 Å². The van der Waals surface area contributed by atoms with Gasteiger partial charge in [0.1, 0.15) is 0 Å². The zero-order valence-corrected chi connectivity index (χ0v) is 18.3. The van der Waals surface area contributed by atoms with Gasteiger partial charge in [-0.25, -0.2) is 0 Å². The minimum atomic E-state index is 0.445. The fraction of sp³-hybridized carbons (Fsp3) is 0.917. The second-order valence-electron chi connectivity index (χ2n) is 10.8. The first-order chi connectivity index (χ1) is 11.0. The van der Waals surface area contributed by atoms with E-state index >= 15 is 0 Å². The highest BCUT2D eigenvalue weighted by Gasteiger charge is 2.43. The molecular formula is C24H46. The van der Waals surface area contributed by atoms with E-state index in [9.17, 15) is 0 Å². The second kappa shape index (κ2) is 8.91. The van der Waals surface area contributed by atoms with Crippen LogP contribution in [0.4, 0.5) is 0 Å². The lowest BCUT2D eigenvalue weighted by molar-refractivity contribution is 0.175. The number of hydrogen-bond donors (Lipinski definition) is 0. The molecule has 0 nitrogen and oxygen atoms in total. The van der Waals surface area contributed by atoms with Crippen molar-refractivity contribution in [3.63, 3.8) is 0 Å². The van der Waals surface area contributed by atoms with Gasteiger partial charge < -0.3 is 0 Å². The summed E-state index contributed by atoms with van der Waals surface area (Å²) in [5.41, 5.74) is 2.55. The maximum atomic E-state index is 2.60. The maximum absolute atomic E-state index is 2.60. The van der Waals surface area contributed by atoms with Crippen molar-refractivity contribution in [2.45, 2.75) is 107 Å². The minimum Gasteiger partial charge on any atom is -0.0853 e. The van der Waals surface area contributed by atoms with Crippen LogP contribution in [0.25, 0.3) is 0 Å². The second-order valence-corrected chi connectivity index (χ2v) is 10.8. The Hall–Kier alpha value is -0.260. The number of rotatable bonds is 7. The van der Waals surface area contributed by atoms with Crippen LogP contribution < -0.4 is 0 Å². The van der Waals surface area contributed by atoms with Gasteiger partial charge in [-0.1, -0.05) is 86.3 Å². The quantitative estimate of drug-likeness (QED) is 0.411. The average molecular weight is 335 g/mol. The zero-order valence-electron chi connectivity index (χ0n) is 18.3. The van der Waals surface area contributed by atoms with Crippen LogP contribution in [0.5, 0.6) is 0 Å². The molecule has 0 N–H and O–H groups in total. The van der Waals surface area contributed by atoms with Crippen molar-refractivity contribution in [3.8, 4) is 0 Å². The van der Waals surface area contributed by atoms with Gasteiger partial charge in [0.15, 0.2) is 0 Å². The number of hydrogen-bond acceptors (Lipinski definition) is 0. The molecule has 0 amide bonds. The first kappa shape index (κ1) is 21.8. The van der Waals surface area contributed by atoms with Crippen molar-refractivity contribution in [2.24, 2.45) is 34.5 Å². The van der Waals surface area contributed by atoms with Crippen LogP contribution in [0, 0.1) is 34.5 Å². The van der Waals surface area contributed by atoms with Crippen LogP contribution >= 0.6 is 0 Å². The van der Waals surface area contributed by atoms with E-state index in [1.807, 2.05) is 0 Å². The standard InChI is InChI=1S/C24H46/c1-10-12-19(11-2)15-18(3)13-14-20-16-21(23(4,5)6)17-22(20)24(7,8)9/h13,19-22H,10-12,14-17H2,1-9H3/b18-13-/t19-,20?,21?,22?/m1/s1. The summed E-state index contributed by atoms with van der Waals surface area (Å²) >= 11 is 0. The van der Waals surface area contributed by atoms with Crippen molar-refractivity contribution in [1.82, 2.24) is 0 Å². The van der Waals surface area contributed by atoms with Crippen LogP contribution in [0.1, 0.15) is 107 Å². The van der Waals surface area contributed by atoms with E-state index in [0.29, 0.717) is 10.8 Å². The van der Waals surface area contributed by atoms with Crippen LogP contribution in [-0.2, 0) is 0 Å². The van der Waals surface area contributed by atoms with Crippen molar-refractivity contribution >= 4 is 0 Å². The molecule has 0 aromatic carbocycles. The highest BCUT2D eigenvalue weighted by Crippen LogP contribution is 2.52. The largest absolute Gasteiger partial charge is 0.0853 e. The van der Waals surface area contributed by atoms with Crippen molar-refractivity contribution < 1.29 is 0 Å². The monoisotopic (exact) mass is 334 g/mol. The molecule has 0 saturated heterocycles. The van der Waals surface area contributed by atoms with Gasteiger partial charge in [-0.05, 0) is 67.1 Å². The molecule has 0 heterocycles. The van der Waals surface area contributed by atoms with Gasteiger partial charge in [0.25, 0.3) is 0 Å². The Morgan fingerprint density at radius 1 is 1.00 bits per heavy atom. The lowest BCUT2D eigenvalue weighted by atomic mass is 9.73. The molecule has 1 aliphatic rings. The van der Waals surface area contributed by atoms with Crippen LogP contribution in [0.2, 0.25) is 0 Å². The molecule has 0 heteroatoms. The van der Waals surface area contributed by atoms with Gasteiger partial charge in [0, 0.05) is 0 Å². The van der Waals surface area contributed by atoms with E-state index in [-0.39, 0.29) is 0 Å². The third-order valence-electron chi connectivity index (χ3n) is 6.69. The van der Waals surface area contributed by atoms with Gasteiger partial charge >= 0.3 is 0 Å². The van der Waals surface area contributed by atoms with E-state index in [0.717, 1.165) is 23.7 Å². The Labute approximate surface area is 153 Å². The third-order valence-corrected chi connectivity index (χ3v) is 6.69. The summed E-state index contributed by atoms with van der Waals surface area (Å²) < 4.78 is 0. The third kappa shape index (κ3) is 6.57. The SMILES string of the molecule is CCC[C@@H](CC)C/C(C)=C\CC1CC(C(C)(C)C)CC1C(C)(C)C. The molecule has 0 spiro atoms. The summed E-state index contributed by atoms with van der Waals surface area (Å²) in [5.74, 6) is 3.55. The lowest BCUT2D eigenvalue weighted by Crippen LogP contribution is -2.24. The lowest BCUT2D eigenvalue weighted by Gasteiger charge is -2.33. The zero-order chi connectivity index (χ0) is 18.5. The predicted molar refractivity (Wildman–Crippen MR) is 110 cm³/mol. The molecule has 3 unspecified atom stereocenters. The van der Waals surface area contributed by atoms with Gasteiger partial charge in [0.2, 0.25) is 0 Å². The highest BCUT2D eigenvalue weighted by atomic mass is 14.5. The summed E-state index contributed by atoms with van der Waals surface area (Å²) in [6.45, 7) is 21.8. The molecule has 142 valence electrons. The molecule has 0 aromatic heterocycles. The van der Waals surface area contributed by atoms with E-state index in [1.165, 1.54) is 44.9 Å². The van der Waals surface area contributed by atoms with Gasteiger partial charge in [-0.15, -0.1) is 0 Å². The predicted octanol–water partition coefficient (Wildman–Crippen LogP) is 8.27. The Balaban J connectivity index is 2.73.